The van der Waals surface area contributed by atoms with Crippen LogP contribution < -0.4 is 0 Å². The summed E-state index contributed by atoms with van der Waals surface area (Å²) in [6.07, 6.45) is 0. The van der Waals surface area contributed by atoms with E-state index in [1.165, 1.54) is 20.2 Å². The van der Waals surface area contributed by atoms with Crippen LogP contribution in [-0.4, -0.2) is 14.5 Å². The van der Waals surface area contributed by atoms with Crippen molar-refractivity contribution in [1.82, 2.24) is 14.5 Å². The third-order valence-electron chi connectivity index (χ3n) is 10.5. The Morgan fingerprint density at radius 2 is 1.27 bits per heavy atom. The van der Waals surface area contributed by atoms with Crippen LogP contribution in [0.4, 0.5) is 0 Å². The molecule has 0 fully saturated rings. The van der Waals surface area contributed by atoms with Crippen molar-refractivity contribution in [3.05, 3.63) is 163 Å². The fourth-order valence-corrected chi connectivity index (χ4v) is 9.31. The van der Waals surface area contributed by atoms with E-state index in [4.69, 9.17) is 14.4 Å². The normalized spacial score (nSPS) is 11.6. The van der Waals surface area contributed by atoms with E-state index in [9.17, 15) is 10.5 Å². The highest BCUT2D eigenvalue weighted by atomic mass is 32.1. The van der Waals surface area contributed by atoms with Gasteiger partial charge in [0.15, 0.2) is 5.82 Å². The first-order valence-electron chi connectivity index (χ1n) is 17.9. The summed E-state index contributed by atoms with van der Waals surface area (Å²) in [6.45, 7) is 0. The number of furan rings is 1. The molecule has 254 valence electrons. The fraction of sp³-hybridized carbons (Fsp3) is 0. The van der Waals surface area contributed by atoms with Crippen LogP contribution in [0.1, 0.15) is 11.1 Å². The van der Waals surface area contributed by atoms with Crippen molar-refractivity contribution in [3.63, 3.8) is 0 Å². The molecule has 55 heavy (non-hydrogen) atoms. The first kappa shape index (κ1) is 31.0. The molecule has 11 aromatic rings. The van der Waals surface area contributed by atoms with Crippen molar-refractivity contribution in [1.29, 1.82) is 10.5 Å². The van der Waals surface area contributed by atoms with Gasteiger partial charge in [0.1, 0.15) is 28.9 Å². The summed E-state index contributed by atoms with van der Waals surface area (Å²) in [6, 6.07) is 55.6. The summed E-state index contributed by atoms with van der Waals surface area (Å²) < 4.78 is 11.0. The second-order valence-electron chi connectivity index (χ2n) is 13.5. The van der Waals surface area contributed by atoms with Crippen LogP contribution >= 0.6 is 11.3 Å². The Bertz CT molecular complexity index is 3470. The number of nitriles is 2. The maximum Gasteiger partial charge on any atom is 0.164 e. The number of hydrogen-bond donors (Lipinski definition) is 0. The standard InChI is InChI=1S/C48H25N5OS/c49-26-30-25-29(21-24-39(30)53-40-18-7-4-13-31(40)34-22-23-36-33-15-6-9-20-42(33)55-47(36)45(34)53)44-38(27-50)43(28-11-2-1-3-12-28)51-48(52-44)37-17-10-16-35-32-14-5-8-19-41(32)54-46(35)37/h1-25H. The molecule has 0 N–H and O–H groups in total. The molecular formula is C48H25N5OS. The zero-order valence-electron chi connectivity index (χ0n) is 29.0. The largest absolute Gasteiger partial charge is 0.455 e. The van der Waals surface area contributed by atoms with Gasteiger partial charge in [0.05, 0.1) is 43.9 Å². The lowest BCUT2D eigenvalue weighted by atomic mass is 9.98. The van der Waals surface area contributed by atoms with E-state index in [-0.39, 0.29) is 0 Å². The molecule has 7 heteroatoms. The van der Waals surface area contributed by atoms with Crippen LogP contribution in [0, 0.1) is 22.7 Å². The summed E-state index contributed by atoms with van der Waals surface area (Å²) in [7, 11) is 0. The first-order chi connectivity index (χ1) is 27.2. The maximum absolute atomic E-state index is 10.9. The zero-order valence-corrected chi connectivity index (χ0v) is 29.8. The summed E-state index contributed by atoms with van der Waals surface area (Å²) >= 11 is 1.77. The molecule has 11 rings (SSSR count). The number of thiophene rings is 1. The summed E-state index contributed by atoms with van der Waals surface area (Å²) in [5.41, 5.74) is 8.16. The third kappa shape index (κ3) is 4.58. The smallest absolute Gasteiger partial charge is 0.164 e. The van der Waals surface area contributed by atoms with Gasteiger partial charge in [-0.2, -0.15) is 10.5 Å². The van der Waals surface area contributed by atoms with Gasteiger partial charge in [0.25, 0.3) is 0 Å². The number of para-hydroxylation sites is 3. The molecule has 0 spiro atoms. The SMILES string of the molecule is N#Cc1cc(-c2nc(-c3cccc4c3oc3ccccc34)nc(-c3ccccc3)c2C#N)ccc1-n1c2ccccc2c2ccc3c4ccccc4sc3c21. The van der Waals surface area contributed by atoms with Gasteiger partial charge in [-0.05, 0) is 36.4 Å². The van der Waals surface area contributed by atoms with Crippen LogP contribution in [0.3, 0.4) is 0 Å². The van der Waals surface area contributed by atoms with Gasteiger partial charge >= 0.3 is 0 Å². The van der Waals surface area contributed by atoms with Gasteiger partial charge in [-0.25, -0.2) is 9.97 Å². The van der Waals surface area contributed by atoms with Crippen molar-refractivity contribution < 1.29 is 4.42 Å². The van der Waals surface area contributed by atoms with E-state index in [1.54, 1.807) is 11.3 Å². The molecule has 0 aliphatic carbocycles. The average molecular weight is 720 g/mol. The molecule has 7 aromatic carbocycles. The second-order valence-corrected chi connectivity index (χ2v) is 14.6. The quantitative estimate of drug-likeness (QED) is 0.181. The Hall–Kier alpha value is -7.58. The van der Waals surface area contributed by atoms with Gasteiger partial charge in [-0.15, -0.1) is 11.3 Å². The van der Waals surface area contributed by atoms with Crippen LogP contribution in [0.2, 0.25) is 0 Å². The fourth-order valence-electron chi connectivity index (χ4n) is 8.07. The number of nitrogens with zero attached hydrogens (tertiary/aromatic N) is 5. The van der Waals surface area contributed by atoms with E-state index in [1.807, 2.05) is 97.1 Å². The summed E-state index contributed by atoms with van der Waals surface area (Å²) in [5.74, 6) is 0.426. The molecule has 0 aliphatic rings. The van der Waals surface area contributed by atoms with Crippen molar-refractivity contribution in [2.45, 2.75) is 0 Å². The van der Waals surface area contributed by atoms with Gasteiger partial charge < -0.3 is 8.98 Å². The van der Waals surface area contributed by atoms with Gasteiger partial charge in [-0.1, -0.05) is 115 Å². The number of hydrogen-bond acceptors (Lipinski definition) is 6. The lowest BCUT2D eigenvalue weighted by molar-refractivity contribution is 0.669. The molecule has 0 saturated heterocycles. The summed E-state index contributed by atoms with van der Waals surface area (Å²) in [5, 5.41) is 28.2. The predicted molar refractivity (Wildman–Crippen MR) is 222 cm³/mol. The Balaban J connectivity index is 1.17. The highest BCUT2D eigenvalue weighted by Gasteiger charge is 2.24. The minimum Gasteiger partial charge on any atom is -0.455 e. The molecule has 0 unspecified atom stereocenters. The molecule has 4 heterocycles. The average Bonchev–Trinajstić information content (AvgIpc) is 3.93. The predicted octanol–water partition coefficient (Wildman–Crippen LogP) is 12.6. The van der Waals surface area contributed by atoms with Crippen molar-refractivity contribution >= 4 is 75.3 Å². The van der Waals surface area contributed by atoms with Gasteiger partial charge in [-0.3, -0.25) is 0 Å². The highest BCUT2D eigenvalue weighted by molar-refractivity contribution is 7.26. The highest BCUT2D eigenvalue weighted by Crippen LogP contribution is 2.44. The minimum absolute atomic E-state index is 0.326. The van der Waals surface area contributed by atoms with Crippen LogP contribution in [0.5, 0.6) is 0 Å². The number of benzene rings is 7. The van der Waals surface area contributed by atoms with E-state index in [0.717, 1.165) is 49.4 Å². The first-order valence-corrected chi connectivity index (χ1v) is 18.7. The molecule has 0 aliphatic heterocycles. The number of aromatic nitrogens is 3. The molecule has 0 bridgehead atoms. The van der Waals surface area contributed by atoms with E-state index in [2.05, 4.69) is 71.3 Å². The van der Waals surface area contributed by atoms with E-state index >= 15 is 0 Å². The topological polar surface area (TPSA) is 91.4 Å². The number of rotatable bonds is 4. The molecule has 6 nitrogen and oxygen atoms in total. The van der Waals surface area contributed by atoms with Crippen LogP contribution in [0.15, 0.2) is 156 Å². The molecule has 0 atom stereocenters. The Morgan fingerprint density at radius 1 is 0.564 bits per heavy atom. The van der Waals surface area contributed by atoms with E-state index < -0.39 is 0 Å². The van der Waals surface area contributed by atoms with Gasteiger partial charge in [0, 0.05) is 48.1 Å². The van der Waals surface area contributed by atoms with Crippen molar-refractivity contribution in [3.8, 4) is 51.7 Å². The Labute approximate surface area is 318 Å². The van der Waals surface area contributed by atoms with Crippen molar-refractivity contribution in [2.24, 2.45) is 0 Å². The Kier molecular flexibility index (Phi) is 6.75. The molecule has 0 saturated carbocycles. The monoisotopic (exact) mass is 719 g/mol. The third-order valence-corrected chi connectivity index (χ3v) is 11.7. The maximum atomic E-state index is 10.9. The van der Waals surface area contributed by atoms with Crippen LogP contribution in [0.25, 0.3) is 104 Å². The zero-order chi connectivity index (χ0) is 36.6. The molecule has 0 radical (unpaired) electrons. The lowest BCUT2D eigenvalue weighted by Gasteiger charge is -2.15. The lowest BCUT2D eigenvalue weighted by Crippen LogP contribution is -2.03. The Morgan fingerprint density at radius 3 is 2.11 bits per heavy atom. The summed E-state index contributed by atoms with van der Waals surface area (Å²) in [4.78, 5) is 10.2. The minimum atomic E-state index is 0.326. The number of fused-ring (bicyclic) bond motifs is 10. The molecular weight excluding hydrogens is 695 g/mol. The molecule has 0 amide bonds. The molecule has 4 aromatic heterocycles. The second kappa shape index (κ2) is 12.0. The van der Waals surface area contributed by atoms with Crippen molar-refractivity contribution in [2.75, 3.05) is 0 Å². The van der Waals surface area contributed by atoms with E-state index in [0.29, 0.717) is 45.0 Å². The van der Waals surface area contributed by atoms with Crippen LogP contribution in [-0.2, 0) is 0 Å². The van der Waals surface area contributed by atoms with Gasteiger partial charge in [0.2, 0.25) is 0 Å².